The number of piperazine rings is 1. The smallest absolute Gasteiger partial charge is 0.341 e. The molecule has 0 aliphatic carbocycles. The van der Waals surface area contributed by atoms with E-state index < -0.39 is 5.97 Å². The van der Waals surface area contributed by atoms with Crippen LogP contribution < -0.4 is 4.90 Å². The molecule has 1 fully saturated rings. The van der Waals surface area contributed by atoms with Crippen LogP contribution >= 0.6 is 11.8 Å². The monoisotopic (exact) mass is 324 g/mol. The molecule has 7 nitrogen and oxygen atoms in total. The first-order valence-electron chi connectivity index (χ1n) is 7.26. The minimum Gasteiger partial charge on any atom is -0.477 e. The number of aromatic nitrogens is 2. The Kier molecular flexibility index (Phi) is 5.59. The van der Waals surface area contributed by atoms with Crippen molar-refractivity contribution in [2.75, 3.05) is 36.8 Å². The quantitative estimate of drug-likeness (QED) is 0.646. The van der Waals surface area contributed by atoms with Crippen molar-refractivity contribution in [2.45, 2.75) is 25.4 Å². The third kappa shape index (κ3) is 3.88. The number of carbonyl (C=O) groups is 2. The molecule has 0 spiro atoms. The fraction of sp³-hybridized carbons (Fsp3) is 0.571. The van der Waals surface area contributed by atoms with Gasteiger partial charge in [0.1, 0.15) is 11.4 Å². The van der Waals surface area contributed by atoms with E-state index in [0.717, 1.165) is 12.2 Å². The second-order valence-electron chi connectivity index (χ2n) is 5.04. The second kappa shape index (κ2) is 7.44. The lowest BCUT2D eigenvalue weighted by molar-refractivity contribution is -0.129. The van der Waals surface area contributed by atoms with E-state index in [2.05, 4.69) is 16.9 Å². The number of thioether (sulfide) groups is 1. The van der Waals surface area contributed by atoms with E-state index in [4.69, 9.17) is 0 Å². The van der Waals surface area contributed by atoms with Gasteiger partial charge in [-0.1, -0.05) is 18.7 Å². The van der Waals surface area contributed by atoms with Crippen LogP contribution in [0.15, 0.2) is 11.4 Å². The van der Waals surface area contributed by atoms with Gasteiger partial charge >= 0.3 is 5.97 Å². The number of aromatic carboxylic acids is 1. The molecule has 1 aliphatic rings. The van der Waals surface area contributed by atoms with Crippen LogP contribution in [-0.4, -0.2) is 63.8 Å². The molecule has 0 radical (unpaired) electrons. The molecule has 1 amide bonds. The molecule has 22 heavy (non-hydrogen) atoms. The number of amides is 1. The fourth-order valence-corrected chi connectivity index (χ4v) is 2.91. The molecule has 2 rings (SSSR count). The van der Waals surface area contributed by atoms with Gasteiger partial charge in [0.15, 0.2) is 5.16 Å². The van der Waals surface area contributed by atoms with Crippen molar-refractivity contribution < 1.29 is 14.7 Å². The highest BCUT2D eigenvalue weighted by Gasteiger charge is 2.24. The molecule has 1 aliphatic heterocycles. The Hall–Kier alpha value is -1.83. The Bertz CT molecular complexity index is 559. The fourth-order valence-electron chi connectivity index (χ4n) is 2.25. The van der Waals surface area contributed by atoms with Crippen LogP contribution in [0, 0.1) is 0 Å². The molecular weight excluding hydrogens is 304 g/mol. The van der Waals surface area contributed by atoms with Gasteiger partial charge in [0.2, 0.25) is 5.91 Å². The molecule has 120 valence electrons. The molecular formula is C14H20N4O3S. The Balaban J connectivity index is 2.20. The highest BCUT2D eigenvalue weighted by Crippen LogP contribution is 2.23. The Morgan fingerprint density at radius 3 is 2.55 bits per heavy atom. The number of hydrogen-bond acceptors (Lipinski definition) is 6. The molecule has 1 N–H and O–H groups in total. The normalized spacial score (nSPS) is 15.0. The molecule has 0 saturated carbocycles. The average Bonchev–Trinajstić information content (AvgIpc) is 2.52. The van der Waals surface area contributed by atoms with Crippen molar-refractivity contribution in [1.29, 1.82) is 0 Å². The van der Waals surface area contributed by atoms with E-state index in [1.54, 1.807) is 11.8 Å². The van der Waals surface area contributed by atoms with Gasteiger partial charge in [-0.3, -0.25) is 4.79 Å². The van der Waals surface area contributed by atoms with E-state index in [1.807, 2.05) is 4.90 Å². The molecule has 8 heteroatoms. The number of rotatable bonds is 5. The van der Waals surface area contributed by atoms with Crippen molar-refractivity contribution in [3.05, 3.63) is 11.8 Å². The van der Waals surface area contributed by atoms with E-state index in [-0.39, 0.29) is 11.5 Å². The molecule has 2 heterocycles. The van der Waals surface area contributed by atoms with Gasteiger partial charge in [0.25, 0.3) is 0 Å². The van der Waals surface area contributed by atoms with Gasteiger partial charge in [0.05, 0.1) is 0 Å². The topological polar surface area (TPSA) is 86.6 Å². The van der Waals surface area contributed by atoms with Crippen molar-refractivity contribution in [3.8, 4) is 0 Å². The summed E-state index contributed by atoms with van der Waals surface area (Å²) in [7, 11) is 0. The predicted octanol–water partition coefficient (Wildman–Crippen LogP) is 1.35. The molecule has 0 aromatic carbocycles. The van der Waals surface area contributed by atoms with Gasteiger partial charge in [0, 0.05) is 45.1 Å². The molecule has 1 saturated heterocycles. The first-order valence-corrected chi connectivity index (χ1v) is 8.25. The summed E-state index contributed by atoms with van der Waals surface area (Å²) in [6.07, 6.45) is 2.38. The van der Waals surface area contributed by atoms with Crippen molar-refractivity contribution in [1.82, 2.24) is 14.9 Å². The Labute approximate surface area is 133 Å². The van der Waals surface area contributed by atoms with Gasteiger partial charge in [-0.2, -0.15) is 0 Å². The van der Waals surface area contributed by atoms with E-state index in [9.17, 15) is 14.7 Å². The number of anilines is 1. The first kappa shape index (κ1) is 16.5. The number of hydrogen-bond donors (Lipinski definition) is 1. The maximum Gasteiger partial charge on any atom is 0.341 e. The highest BCUT2D eigenvalue weighted by molar-refractivity contribution is 7.99. The standard InChI is InChI=1S/C14H20N4O3S/c1-3-8-22-14-15-9-11(13(20)21)12(16-14)18-6-4-17(5-7-18)10(2)19/h9H,3-8H2,1-2H3,(H,20,21). The molecule has 0 unspecified atom stereocenters. The molecule has 0 atom stereocenters. The van der Waals surface area contributed by atoms with E-state index in [0.29, 0.717) is 37.2 Å². The summed E-state index contributed by atoms with van der Waals surface area (Å²) < 4.78 is 0. The zero-order chi connectivity index (χ0) is 16.1. The maximum absolute atomic E-state index is 11.4. The van der Waals surface area contributed by atoms with Crippen LogP contribution in [0.5, 0.6) is 0 Å². The lowest BCUT2D eigenvalue weighted by Crippen LogP contribution is -2.48. The summed E-state index contributed by atoms with van der Waals surface area (Å²) in [5.74, 6) is 0.351. The zero-order valence-corrected chi connectivity index (χ0v) is 13.6. The van der Waals surface area contributed by atoms with Crippen molar-refractivity contribution in [3.63, 3.8) is 0 Å². The molecule has 0 bridgehead atoms. The van der Waals surface area contributed by atoms with Crippen LogP contribution in [-0.2, 0) is 4.79 Å². The number of carboxylic acid groups (broad SMARTS) is 1. The number of carboxylic acids is 1. The number of carbonyl (C=O) groups excluding carboxylic acids is 1. The van der Waals surface area contributed by atoms with Crippen LogP contribution in [0.2, 0.25) is 0 Å². The second-order valence-corrected chi connectivity index (χ2v) is 6.10. The Morgan fingerprint density at radius 2 is 2.00 bits per heavy atom. The summed E-state index contributed by atoms with van der Waals surface area (Å²) in [6, 6.07) is 0. The van der Waals surface area contributed by atoms with Gasteiger partial charge in [-0.15, -0.1) is 0 Å². The van der Waals surface area contributed by atoms with Crippen LogP contribution in [0.25, 0.3) is 0 Å². The summed E-state index contributed by atoms with van der Waals surface area (Å²) in [5.41, 5.74) is 0.108. The van der Waals surface area contributed by atoms with Gasteiger partial charge in [-0.05, 0) is 6.42 Å². The minimum atomic E-state index is -1.03. The third-order valence-electron chi connectivity index (χ3n) is 3.44. The van der Waals surface area contributed by atoms with Gasteiger partial charge < -0.3 is 14.9 Å². The average molecular weight is 324 g/mol. The zero-order valence-electron chi connectivity index (χ0n) is 12.8. The lowest BCUT2D eigenvalue weighted by atomic mass is 10.2. The summed E-state index contributed by atoms with van der Waals surface area (Å²) in [4.78, 5) is 35.0. The number of nitrogens with zero attached hydrogens (tertiary/aromatic N) is 4. The maximum atomic E-state index is 11.4. The summed E-state index contributed by atoms with van der Waals surface area (Å²) >= 11 is 1.52. The summed E-state index contributed by atoms with van der Waals surface area (Å²) in [6.45, 7) is 5.93. The lowest BCUT2D eigenvalue weighted by Gasteiger charge is -2.35. The third-order valence-corrected chi connectivity index (χ3v) is 4.50. The van der Waals surface area contributed by atoms with E-state index >= 15 is 0 Å². The first-order chi connectivity index (χ1) is 10.5. The van der Waals surface area contributed by atoms with E-state index in [1.165, 1.54) is 18.0 Å². The largest absolute Gasteiger partial charge is 0.477 e. The predicted molar refractivity (Wildman–Crippen MR) is 84.5 cm³/mol. The summed E-state index contributed by atoms with van der Waals surface area (Å²) in [5, 5.41) is 9.92. The van der Waals surface area contributed by atoms with Gasteiger partial charge in [-0.25, -0.2) is 14.8 Å². The van der Waals surface area contributed by atoms with Crippen LogP contribution in [0.1, 0.15) is 30.6 Å². The minimum absolute atomic E-state index is 0.0417. The van der Waals surface area contributed by atoms with Crippen molar-refractivity contribution >= 4 is 29.5 Å². The van der Waals surface area contributed by atoms with Crippen molar-refractivity contribution in [2.24, 2.45) is 0 Å². The Morgan fingerprint density at radius 1 is 1.32 bits per heavy atom. The highest BCUT2D eigenvalue weighted by atomic mass is 32.2. The molecule has 1 aromatic heterocycles. The van der Waals surface area contributed by atoms with Crippen LogP contribution in [0.4, 0.5) is 5.82 Å². The SMILES string of the molecule is CCCSc1ncc(C(=O)O)c(N2CCN(C(C)=O)CC2)n1. The molecule has 1 aromatic rings. The van der Waals surface area contributed by atoms with Crippen LogP contribution in [0.3, 0.4) is 0 Å².